The molecule has 0 fully saturated rings. The van der Waals surface area contributed by atoms with Gasteiger partial charge in [-0.05, 0) is 18.2 Å². The lowest BCUT2D eigenvalue weighted by molar-refractivity contribution is 0.504. The van der Waals surface area contributed by atoms with E-state index in [0.717, 1.165) is 12.1 Å². The normalized spacial score (nSPS) is 11.4. The van der Waals surface area contributed by atoms with Crippen LogP contribution < -0.4 is 10.5 Å². The zero-order valence-corrected chi connectivity index (χ0v) is 9.52. The molecule has 0 bridgehead atoms. The molecule has 0 aliphatic rings. The van der Waals surface area contributed by atoms with Gasteiger partial charge in [-0.1, -0.05) is 0 Å². The lowest BCUT2D eigenvalue weighted by atomic mass is 10.3. The van der Waals surface area contributed by atoms with Gasteiger partial charge in [-0.2, -0.15) is 0 Å². The molecule has 0 aliphatic heterocycles. The summed E-state index contributed by atoms with van der Waals surface area (Å²) < 4.78 is 50.7. The summed E-state index contributed by atoms with van der Waals surface area (Å²) in [6, 6.07) is 2.27. The summed E-state index contributed by atoms with van der Waals surface area (Å²) in [7, 11) is -3.90. The van der Waals surface area contributed by atoms with Crippen molar-refractivity contribution in [2.75, 3.05) is 6.54 Å². The number of hydrogen-bond donors (Lipinski definition) is 3. The molecular weight excluding hydrogens is 252 g/mol. The van der Waals surface area contributed by atoms with Crippen LogP contribution in [0.5, 0.6) is 0 Å². The van der Waals surface area contributed by atoms with Crippen molar-refractivity contribution in [2.24, 2.45) is 5.73 Å². The van der Waals surface area contributed by atoms with E-state index < -0.39 is 21.7 Å². The van der Waals surface area contributed by atoms with E-state index in [9.17, 15) is 17.2 Å². The Balaban J connectivity index is 2.82. The Labute approximate surface area is 97.2 Å². The molecule has 5 nitrogen and oxygen atoms in total. The SMILES string of the molecule is N=C(N)CCNS(=O)(=O)c1ccc(F)c(F)c1. The highest BCUT2D eigenvalue weighted by molar-refractivity contribution is 7.89. The fourth-order valence-electron chi connectivity index (χ4n) is 1.05. The highest BCUT2D eigenvalue weighted by Gasteiger charge is 2.15. The third-order valence-electron chi connectivity index (χ3n) is 1.89. The molecule has 0 heterocycles. The van der Waals surface area contributed by atoms with Crippen molar-refractivity contribution in [1.82, 2.24) is 4.72 Å². The van der Waals surface area contributed by atoms with E-state index in [1.807, 2.05) is 0 Å². The van der Waals surface area contributed by atoms with Gasteiger partial charge in [0.1, 0.15) is 0 Å². The van der Waals surface area contributed by atoms with Crippen LogP contribution in [0.2, 0.25) is 0 Å². The van der Waals surface area contributed by atoms with Crippen LogP contribution >= 0.6 is 0 Å². The zero-order valence-electron chi connectivity index (χ0n) is 8.70. The Kier molecular flexibility index (Phi) is 4.13. The summed E-state index contributed by atoms with van der Waals surface area (Å²) in [6.45, 7) is -0.0728. The van der Waals surface area contributed by atoms with Crippen LogP contribution in [-0.4, -0.2) is 20.8 Å². The van der Waals surface area contributed by atoms with Crippen LogP contribution in [0.4, 0.5) is 8.78 Å². The molecular formula is C9H11F2N3O2S. The van der Waals surface area contributed by atoms with Crippen LogP contribution in [0.3, 0.4) is 0 Å². The van der Waals surface area contributed by atoms with Crippen molar-refractivity contribution in [3.8, 4) is 0 Å². The van der Waals surface area contributed by atoms with Crippen molar-refractivity contribution in [3.63, 3.8) is 0 Å². The molecule has 4 N–H and O–H groups in total. The number of nitrogens with two attached hydrogens (primary N) is 1. The monoisotopic (exact) mass is 263 g/mol. The first-order valence-corrected chi connectivity index (χ1v) is 6.09. The smallest absolute Gasteiger partial charge is 0.240 e. The predicted molar refractivity (Wildman–Crippen MR) is 58.1 cm³/mol. The summed E-state index contributed by atoms with van der Waals surface area (Å²) in [5.74, 6) is -2.52. The topological polar surface area (TPSA) is 96.0 Å². The minimum absolute atomic E-state index is 0.0446. The zero-order chi connectivity index (χ0) is 13.1. The summed E-state index contributed by atoms with van der Waals surface area (Å²) in [5.41, 5.74) is 5.04. The number of sulfonamides is 1. The first kappa shape index (κ1) is 13.5. The third-order valence-corrected chi connectivity index (χ3v) is 3.35. The molecule has 8 heteroatoms. The maximum atomic E-state index is 12.8. The molecule has 0 amide bonds. The maximum Gasteiger partial charge on any atom is 0.240 e. The van der Waals surface area contributed by atoms with E-state index in [1.165, 1.54) is 0 Å². The second kappa shape index (κ2) is 5.19. The average molecular weight is 263 g/mol. The molecule has 0 saturated carbocycles. The standard InChI is InChI=1S/C9H11F2N3O2S/c10-7-2-1-6(5-8(7)11)17(15,16)14-4-3-9(12)13/h1-2,5,14H,3-4H2,(H3,12,13). The Morgan fingerprint density at radius 1 is 1.35 bits per heavy atom. The first-order chi connectivity index (χ1) is 7.83. The van der Waals surface area contributed by atoms with E-state index in [4.69, 9.17) is 11.1 Å². The Bertz CT molecular complexity index is 531. The molecule has 0 radical (unpaired) electrons. The minimum Gasteiger partial charge on any atom is -0.388 e. The molecule has 0 atom stereocenters. The van der Waals surface area contributed by atoms with Crippen LogP contribution in [0.25, 0.3) is 0 Å². The lowest BCUT2D eigenvalue weighted by Gasteiger charge is -2.06. The highest BCUT2D eigenvalue weighted by Crippen LogP contribution is 2.13. The van der Waals surface area contributed by atoms with Gasteiger partial charge in [-0.15, -0.1) is 0 Å². The van der Waals surface area contributed by atoms with E-state index in [0.29, 0.717) is 6.07 Å². The van der Waals surface area contributed by atoms with Gasteiger partial charge < -0.3 is 5.73 Å². The van der Waals surface area contributed by atoms with Crippen molar-refractivity contribution in [2.45, 2.75) is 11.3 Å². The molecule has 0 aromatic heterocycles. The number of nitrogens with one attached hydrogen (secondary N) is 2. The molecule has 1 aromatic rings. The van der Waals surface area contributed by atoms with Gasteiger partial charge in [0, 0.05) is 13.0 Å². The summed E-state index contributed by atoms with van der Waals surface area (Å²) in [6.07, 6.45) is 0.0446. The summed E-state index contributed by atoms with van der Waals surface area (Å²) in [5, 5.41) is 6.90. The van der Waals surface area contributed by atoms with Crippen molar-refractivity contribution < 1.29 is 17.2 Å². The van der Waals surface area contributed by atoms with Gasteiger partial charge >= 0.3 is 0 Å². The van der Waals surface area contributed by atoms with Gasteiger partial charge in [0.15, 0.2) is 11.6 Å². The number of hydrogen-bond acceptors (Lipinski definition) is 3. The molecule has 0 spiro atoms. The van der Waals surface area contributed by atoms with Crippen LogP contribution in [0.1, 0.15) is 6.42 Å². The molecule has 1 rings (SSSR count). The number of halogens is 2. The highest BCUT2D eigenvalue weighted by atomic mass is 32.2. The number of benzene rings is 1. The van der Waals surface area contributed by atoms with E-state index in [2.05, 4.69) is 4.72 Å². The summed E-state index contributed by atoms with van der Waals surface area (Å²) in [4.78, 5) is -0.375. The molecule has 0 unspecified atom stereocenters. The van der Waals surface area contributed by atoms with Gasteiger partial charge in [0.05, 0.1) is 10.7 Å². The van der Waals surface area contributed by atoms with E-state index in [1.54, 1.807) is 0 Å². The second-order valence-corrected chi connectivity index (χ2v) is 5.02. The van der Waals surface area contributed by atoms with Crippen molar-refractivity contribution in [3.05, 3.63) is 29.8 Å². The first-order valence-electron chi connectivity index (χ1n) is 4.60. The number of amidine groups is 1. The number of rotatable bonds is 5. The average Bonchev–Trinajstić information content (AvgIpc) is 2.21. The molecule has 1 aromatic carbocycles. The van der Waals surface area contributed by atoms with Gasteiger partial charge in [0.25, 0.3) is 0 Å². The van der Waals surface area contributed by atoms with Gasteiger partial charge in [-0.3, -0.25) is 5.41 Å². The molecule has 94 valence electrons. The van der Waals surface area contributed by atoms with Crippen LogP contribution in [0.15, 0.2) is 23.1 Å². The van der Waals surface area contributed by atoms with E-state index >= 15 is 0 Å². The second-order valence-electron chi connectivity index (χ2n) is 3.25. The lowest BCUT2D eigenvalue weighted by Crippen LogP contribution is -2.27. The Hall–Kier alpha value is -1.54. The molecule has 0 aliphatic carbocycles. The fraction of sp³-hybridized carbons (Fsp3) is 0.222. The van der Waals surface area contributed by atoms with Gasteiger partial charge in [-0.25, -0.2) is 21.9 Å². The van der Waals surface area contributed by atoms with Crippen molar-refractivity contribution in [1.29, 1.82) is 5.41 Å². The summed E-state index contributed by atoms with van der Waals surface area (Å²) >= 11 is 0. The maximum absolute atomic E-state index is 12.8. The predicted octanol–water partition coefficient (Wildman–Crippen LogP) is 0.569. The largest absolute Gasteiger partial charge is 0.388 e. The quantitative estimate of drug-likeness (QED) is 0.535. The third kappa shape index (κ3) is 3.75. The van der Waals surface area contributed by atoms with Crippen LogP contribution in [-0.2, 0) is 10.0 Å². The Morgan fingerprint density at radius 2 is 2.00 bits per heavy atom. The van der Waals surface area contributed by atoms with Crippen LogP contribution in [0, 0.1) is 17.0 Å². The fourth-order valence-corrected chi connectivity index (χ4v) is 2.09. The molecule has 17 heavy (non-hydrogen) atoms. The Morgan fingerprint density at radius 3 is 2.53 bits per heavy atom. The van der Waals surface area contributed by atoms with Gasteiger partial charge in [0.2, 0.25) is 10.0 Å². The molecule has 0 saturated heterocycles. The minimum atomic E-state index is -3.90. The van der Waals surface area contributed by atoms with E-state index in [-0.39, 0.29) is 23.7 Å². The van der Waals surface area contributed by atoms with Crippen molar-refractivity contribution >= 4 is 15.9 Å².